The van der Waals surface area contributed by atoms with E-state index in [1.54, 1.807) is 6.08 Å². The van der Waals surface area contributed by atoms with Crippen molar-refractivity contribution in [2.45, 2.75) is 20.3 Å². The van der Waals surface area contributed by atoms with E-state index in [1.165, 1.54) is 17.6 Å². The Hall–Kier alpha value is -3.06. The third-order valence-electron chi connectivity index (χ3n) is 3.85. The number of nitrogens with one attached hydrogen (secondary N) is 2. The molecule has 0 aliphatic rings. The second kappa shape index (κ2) is 7.88. The average molecular weight is 366 g/mol. The molecule has 0 unspecified atom stereocenters. The Balaban J connectivity index is 1.61. The monoisotopic (exact) mass is 366 g/mol. The van der Waals surface area contributed by atoms with E-state index in [2.05, 4.69) is 20.5 Å². The molecule has 26 heavy (non-hydrogen) atoms. The second-order valence-corrected chi connectivity index (χ2v) is 6.94. The summed E-state index contributed by atoms with van der Waals surface area (Å²) in [6.45, 7) is 3.85. The molecular formula is C19H18N4O2S. The van der Waals surface area contributed by atoms with Crippen molar-refractivity contribution in [3.63, 3.8) is 0 Å². The maximum atomic E-state index is 12.2. The normalized spacial score (nSPS) is 11.6. The summed E-state index contributed by atoms with van der Waals surface area (Å²) in [7, 11) is 0. The van der Waals surface area contributed by atoms with Crippen molar-refractivity contribution >= 4 is 39.8 Å². The number of thiophene rings is 1. The SMILES string of the molecule is Cc1sc2nc(CC(=O)N/N=C\C=C\c3ccccc3)[nH]c(=O)c2c1C. The van der Waals surface area contributed by atoms with Crippen molar-refractivity contribution in [1.82, 2.24) is 15.4 Å². The summed E-state index contributed by atoms with van der Waals surface area (Å²) in [5, 5.41) is 4.45. The smallest absolute Gasteiger partial charge is 0.259 e. The van der Waals surface area contributed by atoms with Gasteiger partial charge in [0.1, 0.15) is 10.7 Å². The van der Waals surface area contributed by atoms with Crippen LogP contribution in [0.25, 0.3) is 16.3 Å². The van der Waals surface area contributed by atoms with E-state index < -0.39 is 0 Å². The van der Waals surface area contributed by atoms with Crippen molar-refractivity contribution in [2.24, 2.45) is 5.10 Å². The fourth-order valence-corrected chi connectivity index (χ4v) is 3.49. The molecule has 3 rings (SSSR count). The second-order valence-electron chi connectivity index (χ2n) is 5.74. The van der Waals surface area contributed by atoms with Gasteiger partial charge in [0.15, 0.2) is 0 Å². The minimum atomic E-state index is -0.345. The molecule has 0 spiro atoms. The number of hydrazone groups is 1. The Kier molecular flexibility index (Phi) is 5.38. The predicted molar refractivity (Wildman–Crippen MR) is 106 cm³/mol. The maximum absolute atomic E-state index is 12.2. The molecule has 0 radical (unpaired) electrons. The first kappa shape index (κ1) is 17.8. The number of aromatic nitrogens is 2. The van der Waals surface area contributed by atoms with Crippen LogP contribution in [0.2, 0.25) is 0 Å². The number of benzene rings is 1. The fraction of sp³-hybridized carbons (Fsp3) is 0.158. The molecule has 132 valence electrons. The fourth-order valence-electron chi connectivity index (χ4n) is 2.45. The van der Waals surface area contributed by atoms with Gasteiger partial charge in [-0.15, -0.1) is 11.3 Å². The van der Waals surface area contributed by atoms with Gasteiger partial charge in [-0.25, -0.2) is 10.4 Å². The molecule has 7 heteroatoms. The first-order chi connectivity index (χ1) is 12.5. The summed E-state index contributed by atoms with van der Waals surface area (Å²) in [6.07, 6.45) is 5.07. The number of carbonyl (C=O) groups excluding carboxylic acids is 1. The summed E-state index contributed by atoms with van der Waals surface area (Å²) in [6, 6.07) is 9.77. The number of hydrogen-bond donors (Lipinski definition) is 2. The largest absolute Gasteiger partial charge is 0.309 e. The number of nitrogens with zero attached hydrogens (tertiary/aromatic N) is 2. The van der Waals surface area contributed by atoms with E-state index in [-0.39, 0.29) is 17.9 Å². The van der Waals surface area contributed by atoms with Gasteiger partial charge in [0, 0.05) is 11.1 Å². The van der Waals surface area contributed by atoms with Gasteiger partial charge in [-0.05, 0) is 31.1 Å². The van der Waals surface area contributed by atoms with Crippen LogP contribution in [0.1, 0.15) is 21.8 Å². The number of H-pyrrole nitrogens is 1. The highest BCUT2D eigenvalue weighted by atomic mass is 32.1. The highest BCUT2D eigenvalue weighted by Gasteiger charge is 2.13. The van der Waals surface area contributed by atoms with Crippen LogP contribution in [0.5, 0.6) is 0 Å². The van der Waals surface area contributed by atoms with Gasteiger partial charge in [-0.1, -0.05) is 36.4 Å². The van der Waals surface area contributed by atoms with Gasteiger partial charge in [-0.2, -0.15) is 5.10 Å². The molecule has 0 saturated carbocycles. The van der Waals surface area contributed by atoms with E-state index in [0.29, 0.717) is 16.0 Å². The van der Waals surface area contributed by atoms with Crippen LogP contribution < -0.4 is 11.0 Å². The molecule has 0 fully saturated rings. The predicted octanol–water partition coefficient (Wildman–Crippen LogP) is 2.96. The topological polar surface area (TPSA) is 87.2 Å². The molecule has 0 aliphatic heterocycles. The lowest BCUT2D eigenvalue weighted by Crippen LogP contribution is -2.22. The summed E-state index contributed by atoms with van der Waals surface area (Å²) >= 11 is 1.45. The van der Waals surface area contributed by atoms with E-state index in [9.17, 15) is 9.59 Å². The van der Waals surface area contributed by atoms with Crippen LogP contribution >= 0.6 is 11.3 Å². The van der Waals surface area contributed by atoms with Gasteiger partial charge < -0.3 is 4.98 Å². The lowest BCUT2D eigenvalue weighted by Gasteiger charge is -2.00. The Labute approximate surface area is 154 Å². The lowest BCUT2D eigenvalue weighted by molar-refractivity contribution is -0.120. The number of rotatable bonds is 5. The molecular weight excluding hydrogens is 348 g/mol. The Bertz CT molecular complexity index is 1050. The molecule has 2 N–H and O–H groups in total. The van der Waals surface area contributed by atoms with Gasteiger partial charge >= 0.3 is 0 Å². The van der Waals surface area contributed by atoms with E-state index in [1.807, 2.05) is 50.3 Å². The van der Waals surface area contributed by atoms with Crippen LogP contribution in [0.15, 0.2) is 46.3 Å². The lowest BCUT2D eigenvalue weighted by atomic mass is 10.2. The third-order valence-corrected chi connectivity index (χ3v) is 4.96. The van der Waals surface area contributed by atoms with Crippen molar-refractivity contribution in [1.29, 1.82) is 0 Å². The Morgan fingerprint density at radius 3 is 2.85 bits per heavy atom. The minimum absolute atomic E-state index is 0.0408. The zero-order valence-corrected chi connectivity index (χ0v) is 15.3. The highest BCUT2D eigenvalue weighted by Crippen LogP contribution is 2.25. The first-order valence-electron chi connectivity index (χ1n) is 8.07. The number of aromatic amines is 1. The van der Waals surface area contributed by atoms with Gasteiger partial charge in [0.2, 0.25) is 5.91 Å². The third kappa shape index (κ3) is 4.12. The van der Waals surface area contributed by atoms with E-state index >= 15 is 0 Å². The number of aryl methyl sites for hydroxylation is 2. The van der Waals surface area contributed by atoms with Crippen molar-refractivity contribution < 1.29 is 4.79 Å². The van der Waals surface area contributed by atoms with Gasteiger partial charge in [0.25, 0.3) is 5.56 Å². The highest BCUT2D eigenvalue weighted by molar-refractivity contribution is 7.18. The summed E-state index contributed by atoms with van der Waals surface area (Å²) < 4.78 is 0. The van der Waals surface area contributed by atoms with Gasteiger partial charge in [0.05, 0.1) is 11.8 Å². The molecule has 2 aromatic heterocycles. The zero-order chi connectivity index (χ0) is 18.5. The molecule has 6 nitrogen and oxygen atoms in total. The number of hydrogen-bond acceptors (Lipinski definition) is 5. The zero-order valence-electron chi connectivity index (χ0n) is 14.4. The molecule has 1 aromatic carbocycles. The molecule has 0 saturated heterocycles. The molecule has 2 heterocycles. The van der Waals surface area contributed by atoms with Gasteiger partial charge in [-0.3, -0.25) is 9.59 Å². The van der Waals surface area contributed by atoms with Crippen LogP contribution in [0, 0.1) is 13.8 Å². The van der Waals surface area contributed by atoms with Crippen molar-refractivity contribution in [3.05, 3.63) is 68.6 Å². The Morgan fingerprint density at radius 2 is 2.08 bits per heavy atom. The van der Waals surface area contributed by atoms with E-state index in [4.69, 9.17) is 0 Å². The van der Waals surface area contributed by atoms with Crippen LogP contribution in [-0.2, 0) is 11.2 Å². The van der Waals surface area contributed by atoms with Crippen molar-refractivity contribution in [2.75, 3.05) is 0 Å². The summed E-state index contributed by atoms with van der Waals surface area (Å²) in [4.78, 5) is 32.9. The molecule has 1 amide bonds. The first-order valence-corrected chi connectivity index (χ1v) is 8.89. The quantitative estimate of drug-likeness (QED) is 0.538. The number of allylic oxidation sites excluding steroid dienone is 1. The summed E-state index contributed by atoms with van der Waals surface area (Å²) in [5.74, 6) is -0.0156. The van der Waals surface area contributed by atoms with Crippen LogP contribution in [-0.4, -0.2) is 22.1 Å². The number of fused-ring (bicyclic) bond motifs is 1. The standard InChI is InChI=1S/C19H18N4O2S/c1-12-13(2)26-19-17(12)18(25)21-15(22-19)11-16(24)23-20-10-6-9-14-7-4-3-5-8-14/h3-10H,11H2,1-2H3,(H,23,24)(H,21,22,25)/b9-6+,20-10-. The number of amides is 1. The van der Waals surface area contributed by atoms with Crippen LogP contribution in [0.4, 0.5) is 0 Å². The Morgan fingerprint density at radius 1 is 1.31 bits per heavy atom. The van der Waals surface area contributed by atoms with E-state index in [0.717, 1.165) is 16.0 Å². The van der Waals surface area contributed by atoms with Crippen molar-refractivity contribution in [3.8, 4) is 0 Å². The molecule has 3 aromatic rings. The number of carbonyl (C=O) groups is 1. The minimum Gasteiger partial charge on any atom is -0.309 e. The maximum Gasteiger partial charge on any atom is 0.259 e. The molecule has 0 atom stereocenters. The molecule has 0 aliphatic carbocycles. The average Bonchev–Trinajstić information content (AvgIpc) is 2.90. The van der Waals surface area contributed by atoms with Crippen LogP contribution in [0.3, 0.4) is 0 Å². The summed E-state index contributed by atoms with van der Waals surface area (Å²) in [5.41, 5.74) is 4.19. The molecule has 0 bridgehead atoms.